The molecular weight excluding hydrogens is 368 g/mol. The van der Waals surface area contributed by atoms with Gasteiger partial charge >= 0.3 is 0 Å². The molecule has 2 aromatic rings. The van der Waals surface area contributed by atoms with Gasteiger partial charge in [-0.05, 0) is 24.5 Å². The van der Waals surface area contributed by atoms with Crippen LogP contribution in [0.3, 0.4) is 0 Å². The van der Waals surface area contributed by atoms with Gasteiger partial charge in [0, 0.05) is 37.4 Å². The molecule has 1 amide bonds. The number of piperazine rings is 1. The second kappa shape index (κ2) is 9.43. The molecule has 0 radical (unpaired) electrons. The van der Waals surface area contributed by atoms with Crippen molar-refractivity contribution in [3.8, 4) is 17.3 Å². The van der Waals surface area contributed by atoms with Crippen molar-refractivity contribution in [2.75, 3.05) is 42.5 Å². The minimum Gasteiger partial charge on any atom is -0.369 e. The fourth-order valence-corrected chi connectivity index (χ4v) is 3.67. The van der Waals surface area contributed by atoms with Crippen molar-refractivity contribution in [1.82, 2.24) is 10.5 Å². The molecule has 154 valence electrons. The lowest BCUT2D eigenvalue weighted by molar-refractivity contribution is -0.119. The van der Waals surface area contributed by atoms with Gasteiger partial charge in [0.05, 0.1) is 6.07 Å². The van der Waals surface area contributed by atoms with Crippen molar-refractivity contribution < 1.29 is 9.32 Å². The summed E-state index contributed by atoms with van der Waals surface area (Å²) < 4.78 is 5.24. The standard InChI is InChI=1S/C21H28N6O2/c1-15(2)13-18(21(23)28)27(10-7-22)19-14-29-25-20(19)16-3-5-17(6-4-16)26-11-8-24-9-12-26/h3-6,14-15,18,24H,8-13H2,1-2H3,(H2,23,28). The van der Waals surface area contributed by atoms with E-state index < -0.39 is 11.9 Å². The number of amides is 1. The molecule has 1 aromatic carbocycles. The smallest absolute Gasteiger partial charge is 0.240 e. The number of primary amides is 1. The van der Waals surface area contributed by atoms with Gasteiger partial charge in [0.25, 0.3) is 0 Å². The van der Waals surface area contributed by atoms with Crippen LogP contribution in [0.4, 0.5) is 11.4 Å². The van der Waals surface area contributed by atoms with E-state index in [0.29, 0.717) is 17.8 Å². The Kier molecular flexibility index (Phi) is 6.73. The van der Waals surface area contributed by atoms with Crippen LogP contribution in [0.25, 0.3) is 11.3 Å². The topological polar surface area (TPSA) is 111 Å². The van der Waals surface area contributed by atoms with Gasteiger partial charge in [0.15, 0.2) is 0 Å². The molecular formula is C21H28N6O2. The zero-order valence-corrected chi connectivity index (χ0v) is 17.0. The van der Waals surface area contributed by atoms with Crippen LogP contribution in [-0.2, 0) is 4.79 Å². The Bertz CT molecular complexity index is 849. The highest BCUT2D eigenvalue weighted by atomic mass is 16.5. The van der Waals surface area contributed by atoms with Crippen LogP contribution in [-0.4, -0.2) is 49.8 Å². The molecule has 1 saturated heterocycles. The lowest BCUT2D eigenvalue weighted by atomic mass is 10.0. The van der Waals surface area contributed by atoms with E-state index in [2.05, 4.69) is 33.6 Å². The normalized spacial score (nSPS) is 15.2. The average molecular weight is 396 g/mol. The summed E-state index contributed by atoms with van der Waals surface area (Å²) in [5.74, 6) is -0.217. The Morgan fingerprint density at radius 1 is 1.34 bits per heavy atom. The third-order valence-corrected chi connectivity index (χ3v) is 5.12. The summed E-state index contributed by atoms with van der Waals surface area (Å²) in [5, 5.41) is 16.8. The zero-order chi connectivity index (χ0) is 20.8. The number of carbonyl (C=O) groups is 1. The number of nitrogens with one attached hydrogen (secondary N) is 1. The van der Waals surface area contributed by atoms with Gasteiger partial charge in [-0.1, -0.05) is 31.1 Å². The van der Waals surface area contributed by atoms with Gasteiger partial charge in [-0.3, -0.25) is 4.79 Å². The fraction of sp³-hybridized carbons (Fsp3) is 0.476. The molecule has 0 bridgehead atoms. The van der Waals surface area contributed by atoms with Crippen molar-refractivity contribution in [1.29, 1.82) is 5.26 Å². The summed E-state index contributed by atoms with van der Waals surface area (Å²) >= 11 is 0. The van der Waals surface area contributed by atoms with Crippen molar-refractivity contribution in [3.05, 3.63) is 30.5 Å². The van der Waals surface area contributed by atoms with Crippen LogP contribution in [0.15, 0.2) is 35.1 Å². The van der Waals surface area contributed by atoms with Crippen LogP contribution in [0.2, 0.25) is 0 Å². The summed E-state index contributed by atoms with van der Waals surface area (Å²) in [5.41, 5.74) is 8.88. The highest BCUT2D eigenvalue weighted by molar-refractivity contribution is 5.86. The van der Waals surface area contributed by atoms with E-state index in [9.17, 15) is 10.1 Å². The maximum absolute atomic E-state index is 12.1. The Morgan fingerprint density at radius 3 is 2.62 bits per heavy atom. The number of anilines is 2. The van der Waals surface area contributed by atoms with E-state index in [1.807, 2.05) is 26.0 Å². The van der Waals surface area contributed by atoms with Crippen LogP contribution < -0.4 is 20.9 Å². The lowest BCUT2D eigenvalue weighted by Gasteiger charge is -2.30. The van der Waals surface area contributed by atoms with E-state index in [0.717, 1.165) is 37.4 Å². The second-order valence-corrected chi connectivity index (χ2v) is 7.67. The predicted octanol–water partition coefficient (Wildman–Crippen LogP) is 1.98. The Morgan fingerprint density at radius 2 is 2.03 bits per heavy atom. The number of nitrogens with two attached hydrogens (primary N) is 1. The van der Waals surface area contributed by atoms with Gasteiger partial charge in [0.1, 0.15) is 30.2 Å². The SMILES string of the molecule is CC(C)CC(C(N)=O)N(CC#N)c1conc1-c1ccc(N2CCNCC2)cc1. The van der Waals surface area contributed by atoms with Crippen molar-refractivity contribution in [2.24, 2.45) is 11.7 Å². The minimum absolute atomic E-state index is 0.0212. The first-order valence-electron chi connectivity index (χ1n) is 9.94. The Hall–Kier alpha value is -3.05. The highest BCUT2D eigenvalue weighted by Gasteiger charge is 2.29. The van der Waals surface area contributed by atoms with Gasteiger partial charge < -0.3 is 25.4 Å². The van der Waals surface area contributed by atoms with Crippen LogP contribution in [0.5, 0.6) is 0 Å². The number of aromatic nitrogens is 1. The number of benzene rings is 1. The first-order chi connectivity index (χ1) is 14.0. The number of hydrogen-bond donors (Lipinski definition) is 2. The molecule has 1 aliphatic rings. The molecule has 8 nitrogen and oxygen atoms in total. The number of nitrogens with zero attached hydrogens (tertiary/aromatic N) is 4. The van der Waals surface area contributed by atoms with Crippen molar-refractivity contribution in [3.63, 3.8) is 0 Å². The third kappa shape index (κ3) is 4.87. The van der Waals surface area contributed by atoms with E-state index in [-0.39, 0.29) is 12.5 Å². The van der Waals surface area contributed by atoms with Gasteiger partial charge in [-0.15, -0.1) is 0 Å². The third-order valence-electron chi connectivity index (χ3n) is 5.12. The molecule has 0 saturated carbocycles. The molecule has 1 atom stereocenters. The molecule has 0 spiro atoms. The maximum atomic E-state index is 12.1. The second-order valence-electron chi connectivity index (χ2n) is 7.67. The monoisotopic (exact) mass is 396 g/mol. The molecule has 3 N–H and O–H groups in total. The van der Waals surface area contributed by atoms with Crippen molar-refractivity contribution >= 4 is 17.3 Å². The number of nitriles is 1. The van der Waals surface area contributed by atoms with E-state index in [4.69, 9.17) is 10.3 Å². The molecule has 1 unspecified atom stereocenters. The number of rotatable bonds is 8. The first kappa shape index (κ1) is 20.7. The summed E-state index contributed by atoms with van der Waals surface area (Å²) in [7, 11) is 0. The first-order valence-corrected chi connectivity index (χ1v) is 9.94. The van der Waals surface area contributed by atoms with E-state index >= 15 is 0 Å². The van der Waals surface area contributed by atoms with Gasteiger partial charge in [-0.2, -0.15) is 5.26 Å². The molecule has 0 aliphatic carbocycles. The molecule has 29 heavy (non-hydrogen) atoms. The predicted molar refractivity (Wildman–Crippen MR) is 112 cm³/mol. The van der Waals surface area contributed by atoms with Crippen LogP contribution in [0.1, 0.15) is 20.3 Å². The summed E-state index contributed by atoms with van der Waals surface area (Å²) in [6.07, 6.45) is 2.02. The van der Waals surface area contributed by atoms with Gasteiger partial charge in [0.2, 0.25) is 5.91 Å². The number of hydrogen-bond acceptors (Lipinski definition) is 7. The zero-order valence-electron chi connectivity index (χ0n) is 17.0. The molecule has 1 fully saturated rings. The Balaban J connectivity index is 1.89. The van der Waals surface area contributed by atoms with Crippen molar-refractivity contribution in [2.45, 2.75) is 26.3 Å². The maximum Gasteiger partial charge on any atom is 0.240 e. The number of carbonyl (C=O) groups excluding carboxylic acids is 1. The average Bonchev–Trinajstić information content (AvgIpc) is 3.20. The summed E-state index contributed by atoms with van der Waals surface area (Å²) in [4.78, 5) is 16.1. The van der Waals surface area contributed by atoms with E-state index in [1.54, 1.807) is 4.90 Å². The molecule has 1 aromatic heterocycles. The largest absolute Gasteiger partial charge is 0.369 e. The molecule has 8 heteroatoms. The molecule has 2 heterocycles. The van der Waals surface area contributed by atoms with E-state index in [1.165, 1.54) is 6.26 Å². The summed E-state index contributed by atoms with van der Waals surface area (Å²) in [6.45, 7) is 7.95. The highest BCUT2D eigenvalue weighted by Crippen LogP contribution is 2.33. The van der Waals surface area contributed by atoms with Gasteiger partial charge in [-0.25, -0.2) is 0 Å². The summed E-state index contributed by atoms with van der Waals surface area (Å²) in [6, 6.07) is 9.64. The quantitative estimate of drug-likeness (QED) is 0.656. The lowest BCUT2D eigenvalue weighted by Crippen LogP contribution is -2.46. The minimum atomic E-state index is -0.604. The van der Waals surface area contributed by atoms with Crippen LogP contribution in [0, 0.1) is 17.2 Å². The molecule has 1 aliphatic heterocycles. The fourth-order valence-electron chi connectivity index (χ4n) is 3.67. The van der Waals surface area contributed by atoms with Crippen LogP contribution >= 0.6 is 0 Å². The Labute approximate surface area is 171 Å². The molecule has 3 rings (SSSR count).